The molecule has 0 spiro atoms. The van der Waals surface area contributed by atoms with E-state index in [9.17, 15) is 9.59 Å². The lowest BCUT2D eigenvalue weighted by atomic mass is 9.97. The minimum absolute atomic E-state index is 0.0706. The van der Waals surface area contributed by atoms with Gasteiger partial charge >= 0.3 is 0 Å². The van der Waals surface area contributed by atoms with Crippen molar-refractivity contribution in [1.29, 1.82) is 0 Å². The van der Waals surface area contributed by atoms with Crippen LogP contribution in [0.15, 0.2) is 62.4 Å². The number of fused-ring (bicyclic) bond motifs is 2. The van der Waals surface area contributed by atoms with Crippen LogP contribution in [-0.4, -0.2) is 24.5 Å². The molecule has 0 radical (unpaired) electrons. The SMILES string of the molecule is CCCCCCOc1ccc(C2c3c(oc4c(C)cc(C)cc4c3=O)C(=O)N2Cc2ccco2)cc1OC. The second-order valence-electron chi connectivity index (χ2n) is 9.87. The molecule has 3 heterocycles. The third kappa shape index (κ3) is 4.69. The first-order valence-electron chi connectivity index (χ1n) is 13.1. The van der Waals surface area contributed by atoms with E-state index >= 15 is 0 Å². The minimum Gasteiger partial charge on any atom is -0.493 e. The zero-order chi connectivity index (χ0) is 26.8. The van der Waals surface area contributed by atoms with E-state index in [0.29, 0.717) is 40.4 Å². The minimum atomic E-state index is -0.670. The molecule has 1 aliphatic heterocycles. The molecule has 0 bridgehead atoms. The number of rotatable bonds is 10. The molecule has 0 fully saturated rings. The molecule has 1 amide bonds. The molecule has 2 aromatic heterocycles. The largest absolute Gasteiger partial charge is 0.493 e. The van der Waals surface area contributed by atoms with E-state index in [4.69, 9.17) is 18.3 Å². The van der Waals surface area contributed by atoms with E-state index in [-0.39, 0.29) is 23.6 Å². The molecule has 38 heavy (non-hydrogen) atoms. The number of carbonyl (C=O) groups is 1. The molecular formula is C31H33NO6. The Hall–Kier alpha value is -4.00. The van der Waals surface area contributed by atoms with Crippen LogP contribution < -0.4 is 14.9 Å². The van der Waals surface area contributed by atoms with E-state index in [1.165, 1.54) is 6.42 Å². The first kappa shape index (κ1) is 25.6. The van der Waals surface area contributed by atoms with Gasteiger partial charge in [-0.25, -0.2) is 0 Å². The van der Waals surface area contributed by atoms with Crippen molar-refractivity contribution in [2.45, 2.75) is 59.0 Å². The van der Waals surface area contributed by atoms with Gasteiger partial charge in [0.1, 0.15) is 11.3 Å². The van der Waals surface area contributed by atoms with Crippen LogP contribution in [-0.2, 0) is 6.54 Å². The molecule has 198 valence electrons. The summed E-state index contributed by atoms with van der Waals surface area (Å²) in [5.41, 5.74) is 3.07. The lowest BCUT2D eigenvalue weighted by Crippen LogP contribution is -2.29. The summed E-state index contributed by atoms with van der Waals surface area (Å²) >= 11 is 0. The molecule has 2 aromatic carbocycles. The molecule has 1 aliphatic rings. The molecule has 4 aromatic rings. The van der Waals surface area contributed by atoms with Crippen LogP contribution >= 0.6 is 0 Å². The van der Waals surface area contributed by atoms with E-state index in [1.54, 1.807) is 24.3 Å². The van der Waals surface area contributed by atoms with Gasteiger partial charge in [0.15, 0.2) is 16.9 Å². The van der Waals surface area contributed by atoms with Crippen molar-refractivity contribution in [3.63, 3.8) is 0 Å². The summed E-state index contributed by atoms with van der Waals surface area (Å²) in [6, 6.07) is 12.3. The summed E-state index contributed by atoms with van der Waals surface area (Å²) in [6.07, 6.45) is 5.99. The number of aryl methyl sites for hydroxylation is 2. The fourth-order valence-electron chi connectivity index (χ4n) is 5.24. The Morgan fingerprint density at radius 3 is 2.58 bits per heavy atom. The standard InChI is InChI=1S/C31H33NO6/c1-5-6-7-8-13-37-24-12-11-21(17-25(24)35-4)27-26-28(33)23-16-19(2)15-20(3)29(23)38-30(26)31(34)32(27)18-22-10-9-14-36-22/h9-12,14-17,27H,5-8,13,18H2,1-4H3. The van der Waals surface area contributed by atoms with E-state index in [2.05, 4.69) is 6.92 Å². The molecule has 0 N–H and O–H groups in total. The van der Waals surface area contributed by atoms with Gasteiger partial charge in [0.25, 0.3) is 5.91 Å². The highest BCUT2D eigenvalue weighted by Crippen LogP contribution is 2.42. The summed E-state index contributed by atoms with van der Waals surface area (Å²) in [5, 5.41) is 0.470. The zero-order valence-electron chi connectivity index (χ0n) is 22.3. The van der Waals surface area contributed by atoms with E-state index in [1.807, 2.05) is 50.2 Å². The molecule has 0 saturated heterocycles. The number of unbranched alkanes of at least 4 members (excludes halogenated alkanes) is 3. The van der Waals surface area contributed by atoms with Crippen LogP contribution in [0.2, 0.25) is 0 Å². The first-order chi connectivity index (χ1) is 18.4. The van der Waals surface area contributed by atoms with Gasteiger partial charge < -0.3 is 23.2 Å². The second-order valence-corrected chi connectivity index (χ2v) is 9.87. The van der Waals surface area contributed by atoms with Crippen molar-refractivity contribution in [3.05, 3.63) is 92.7 Å². The summed E-state index contributed by atoms with van der Waals surface area (Å²) in [5.74, 6) is 1.51. The number of amides is 1. The van der Waals surface area contributed by atoms with Crippen molar-refractivity contribution < 1.29 is 23.1 Å². The maximum absolute atomic E-state index is 13.9. The normalized spacial score (nSPS) is 14.8. The molecule has 7 heteroatoms. The zero-order valence-corrected chi connectivity index (χ0v) is 22.3. The monoisotopic (exact) mass is 515 g/mol. The Bertz CT molecular complexity index is 1520. The lowest BCUT2D eigenvalue weighted by Gasteiger charge is -2.25. The maximum atomic E-state index is 13.9. The average molecular weight is 516 g/mol. The predicted octanol–water partition coefficient (Wildman–Crippen LogP) is 6.72. The molecule has 1 unspecified atom stereocenters. The number of hydrogen-bond acceptors (Lipinski definition) is 6. The van der Waals surface area contributed by atoms with Crippen molar-refractivity contribution >= 4 is 16.9 Å². The van der Waals surface area contributed by atoms with Crippen molar-refractivity contribution in [3.8, 4) is 11.5 Å². The number of hydrogen-bond donors (Lipinski definition) is 0. The van der Waals surface area contributed by atoms with Gasteiger partial charge in [0.2, 0.25) is 5.76 Å². The smallest absolute Gasteiger partial charge is 0.291 e. The van der Waals surface area contributed by atoms with Crippen LogP contribution in [0.1, 0.15) is 77.2 Å². The Morgan fingerprint density at radius 1 is 1.00 bits per heavy atom. The van der Waals surface area contributed by atoms with Gasteiger partial charge in [0, 0.05) is 0 Å². The van der Waals surface area contributed by atoms with Crippen LogP contribution in [0.25, 0.3) is 11.0 Å². The van der Waals surface area contributed by atoms with Crippen molar-refractivity contribution in [1.82, 2.24) is 4.90 Å². The fourth-order valence-corrected chi connectivity index (χ4v) is 5.24. The van der Waals surface area contributed by atoms with Gasteiger partial charge in [-0.3, -0.25) is 9.59 Å². The summed E-state index contributed by atoms with van der Waals surface area (Å²) < 4.78 is 23.4. The fraction of sp³-hybridized carbons (Fsp3) is 0.355. The van der Waals surface area contributed by atoms with E-state index < -0.39 is 6.04 Å². The Balaban J connectivity index is 1.60. The predicted molar refractivity (Wildman–Crippen MR) is 145 cm³/mol. The van der Waals surface area contributed by atoms with Gasteiger partial charge in [-0.05, 0) is 67.3 Å². The van der Waals surface area contributed by atoms with Crippen molar-refractivity contribution in [2.24, 2.45) is 0 Å². The summed E-state index contributed by atoms with van der Waals surface area (Å²) in [6.45, 7) is 6.78. The van der Waals surface area contributed by atoms with Crippen molar-refractivity contribution in [2.75, 3.05) is 13.7 Å². The van der Waals surface area contributed by atoms with Crippen LogP contribution in [0, 0.1) is 13.8 Å². The molecule has 5 rings (SSSR count). The van der Waals surface area contributed by atoms with E-state index in [0.717, 1.165) is 36.0 Å². The third-order valence-corrected chi connectivity index (χ3v) is 7.06. The maximum Gasteiger partial charge on any atom is 0.291 e. The second kappa shape index (κ2) is 10.8. The molecule has 0 aliphatic carbocycles. The molecular weight excluding hydrogens is 482 g/mol. The third-order valence-electron chi connectivity index (χ3n) is 7.06. The van der Waals surface area contributed by atoms with Crippen LogP contribution in [0.3, 0.4) is 0 Å². The highest BCUT2D eigenvalue weighted by atomic mass is 16.5. The van der Waals surface area contributed by atoms with Gasteiger partial charge in [-0.2, -0.15) is 0 Å². The average Bonchev–Trinajstić information content (AvgIpc) is 3.52. The number of carbonyl (C=O) groups excluding carboxylic acids is 1. The number of nitrogens with zero attached hydrogens (tertiary/aromatic N) is 1. The van der Waals surface area contributed by atoms with Gasteiger partial charge in [-0.1, -0.05) is 38.3 Å². The Labute approximate surface area is 222 Å². The number of methoxy groups -OCH3 is 1. The summed E-state index contributed by atoms with van der Waals surface area (Å²) in [4.78, 5) is 29.3. The topological polar surface area (TPSA) is 82.1 Å². The Morgan fingerprint density at radius 2 is 1.84 bits per heavy atom. The lowest BCUT2D eigenvalue weighted by molar-refractivity contribution is 0.0701. The highest BCUT2D eigenvalue weighted by Gasteiger charge is 2.43. The molecule has 0 saturated carbocycles. The van der Waals surface area contributed by atoms with Gasteiger partial charge in [0.05, 0.1) is 43.5 Å². The number of furan rings is 1. The number of ether oxygens (including phenoxy) is 2. The first-order valence-corrected chi connectivity index (χ1v) is 13.1. The Kier molecular flexibility index (Phi) is 7.27. The van der Waals surface area contributed by atoms with Gasteiger partial charge in [-0.15, -0.1) is 0 Å². The van der Waals surface area contributed by atoms with Crippen LogP contribution in [0.4, 0.5) is 0 Å². The quantitative estimate of drug-likeness (QED) is 0.218. The molecule has 1 atom stereocenters. The number of benzene rings is 2. The molecule has 7 nitrogen and oxygen atoms in total. The summed E-state index contributed by atoms with van der Waals surface area (Å²) in [7, 11) is 1.59. The highest BCUT2D eigenvalue weighted by molar-refractivity contribution is 5.99. The van der Waals surface area contributed by atoms with Crippen LogP contribution in [0.5, 0.6) is 11.5 Å².